The Morgan fingerprint density at radius 1 is 1.55 bits per heavy atom. The number of carbonyl (C=O) groups excluding carboxylic acids is 2. The normalized spacial score (nSPS) is 18.9. The second kappa shape index (κ2) is 5.85. The van der Waals surface area contributed by atoms with Crippen molar-refractivity contribution in [3.8, 4) is 0 Å². The van der Waals surface area contributed by atoms with Crippen LogP contribution in [0.25, 0.3) is 0 Å². The number of pyridine rings is 1. The van der Waals surface area contributed by atoms with Crippen molar-refractivity contribution in [1.29, 1.82) is 0 Å². The Bertz CT molecular complexity index is 504. The van der Waals surface area contributed by atoms with Crippen LogP contribution in [0.1, 0.15) is 13.8 Å². The lowest BCUT2D eigenvalue weighted by Gasteiger charge is -2.37. The molecule has 2 N–H and O–H groups in total. The van der Waals surface area contributed by atoms with Gasteiger partial charge in [0.25, 0.3) is 0 Å². The van der Waals surface area contributed by atoms with Crippen molar-refractivity contribution in [2.45, 2.75) is 19.9 Å². The van der Waals surface area contributed by atoms with Crippen LogP contribution in [0.3, 0.4) is 0 Å². The molecule has 1 atom stereocenters. The smallest absolute Gasteiger partial charge is 0.323 e. The number of amides is 3. The fourth-order valence-corrected chi connectivity index (χ4v) is 2.21. The van der Waals surface area contributed by atoms with E-state index in [1.165, 1.54) is 17.0 Å². The molecule has 1 aromatic heterocycles. The zero-order valence-electron chi connectivity index (χ0n) is 11.4. The van der Waals surface area contributed by atoms with Crippen LogP contribution in [0.2, 0.25) is 0 Å². The van der Waals surface area contributed by atoms with E-state index in [0.717, 1.165) is 6.20 Å². The third-order valence-electron chi connectivity index (χ3n) is 3.11. The van der Waals surface area contributed by atoms with E-state index in [4.69, 9.17) is 0 Å². The molecule has 0 bridgehead atoms. The third kappa shape index (κ3) is 3.04. The molecule has 6 nitrogen and oxygen atoms in total. The van der Waals surface area contributed by atoms with E-state index >= 15 is 0 Å². The highest BCUT2D eigenvalue weighted by molar-refractivity contribution is 5.94. The summed E-state index contributed by atoms with van der Waals surface area (Å²) in [7, 11) is 0. The lowest BCUT2D eigenvalue weighted by atomic mass is 10.00. The molecular formula is C13H17FN4O2. The number of nitrogens with zero attached hydrogens (tertiary/aromatic N) is 2. The van der Waals surface area contributed by atoms with Crippen LogP contribution in [-0.4, -0.2) is 41.0 Å². The molecule has 0 spiro atoms. The van der Waals surface area contributed by atoms with E-state index in [1.54, 1.807) is 0 Å². The minimum Gasteiger partial charge on any atom is -0.353 e. The highest BCUT2D eigenvalue weighted by atomic mass is 19.1. The van der Waals surface area contributed by atoms with E-state index in [-0.39, 0.29) is 17.6 Å². The van der Waals surface area contributed by atoms with Gasteiger partial charge in [0.15, 0.2) is 0 Å². The Labute approximate surface area is 116 Å². The Kier molecular flexibility index (Phi) is 4.16. The SMILES string of the molecule is CC(C)[C@H]1C(=O)NCCN1C(=O)Nc1ccc(F)cn1. The van der Waals surface area contributed by atoms with Crippen LogP contribution in [0.4, 0.5) is 15.0 Å². The molecule has 1 aromatic rings. The maximum Gasteiger partial charge on any atom is 0.323 e. The average Bonchev–Trinajstić information content (AvgIpc) is 2.40. The highest BCUT2D eigenvalue weighted by Gasteiger charge is 2.35. The maximum atomic E-state index is 12.8. The van der Waals surface area contributed by atoms with Crippen molar-refractivity contribution >= 4 is 17.8 Å². The average molecular weight is 280 g/mol. The van der Waals surface area contributed by atoms with E-state index in [1.807, 2.05) is 13.8 Å². The molecular weight excluding hydrogens is 263 g/mol. The number of piperazine rings is 1. The van der Waals surface area contributed by atoms with Gasteiger partial charge in [-0.05, 0) is 18.1 Å². The van der Waals surface area contributed by atoms with Crippen LogP contribution < -0.4 is 10.6 Å². The Hall–Kier alpha value is -2.18. The summed E-state index contributed by atoms with van der Waals surface area (Å²) in [5.74, 6) is -0.374. The monoisotopic (exact) mass is 280 g/mol. The fourth-order valence-electron chi connectivity index (χ4n) is 2.21. The topological polar surface area (TPSA) is 74.3 Å². The summed E-state index contributed by atoms with van der Waals surface area (Å²) in [4.78, 5) is 29.3. The number of nitrogens with one attached hydrogen (secondary N) is 2. The highest BCUT2D eigenvalue weighted by Crippen LogP contribution is 2.15. The van der Waals surface area contributed by atoms with Gasteiger partial charge >= 0.3 is 6.03 Å². The predicted molar refractivity (Wildman–Crippen MR) is 71.6 cm³/mol. The molecule has 20 heavy (non-hydrogen) atoms. The van der Waals surface area contributed by atoms with Gasteiger partial charge in [-0.25, -0.2) is 14.2 Å². The number of hydrogen-bond acceptors (Lipinski definition) is 3. The molecule has 1 aliphatic rings. The molecule has 0 saturated carbocycles. The zero-order valence-corrected chi connectivity index (χ0v) is 11.4. The summed E-state index contributed by atoms with van der Waals surface area (Å²) >= 11 is 0. The summed E-state index contributed by atoms with van der Waals surface area (Å²) in [6, 6.07) is 1.68. The summed E-state index contributed by atoms with van der Waals surface area (Å²) in [6.45, 7) is 4.62. The molecule has 0 unspecified atom stereocenters. The molecule has 1 saturated heterocycles. The van der Waals surface area contributed by atoms with Crippen molar-refractivity contribution in [3.63, 3.8) is 0 Å². The summed E-state index contributed by atoms with van der Waals surface area (Å²) in [6.07, 6.45) is 1.03. The third-order valence-corrected chi connectivity index (χ3v) is 3.11. The first kappa shape index (κ1) is 14.2. The number of anilines is 1. The predicted octanol–water partition coefficient (Wildman–Crippen LogP) is 1.21. The molecule has 3 amide bonds. The van der Waals surface area contributed by atoms with Crippen molar-refractivity contribution in [1.82, 2.24) is 15.2 Å². The summed E-state index contributed by atoms with van der Waals surface area (Å²) < 4.78 is 12.8. The van der Waals surface area contributed by atoms with Gasteiger partial charge in [-0.3, -0.25) is 10.1 Å². The van der Waals surface area contributed by atoms with Crippen molar-refractivity contribution < 1.29 is 14.0 Å². The van der Waals surface area contributed by atoms with Crippen LogP contribution in [0.15, 0.2) is 18.3 Å². The number of carbonyl (C=O) groups is 2. The van der Waals surface area contributed by atoms with Gasteiger partial charge in [-0.2, -0.15) is 0 Å². The van der Waals surface area contributed by atoms with E-state index in [0.29, 0.717) is 13.1 Å². The summed E-state index contributed by atoms with van der Waals surface area (Å²) in [5.41, 5.74) is 0. The quantitative estimate of drug-likeness (QED) is 0.855. The van der Waals surface area contributed by atoms with Gasteiger partial charge in [0.05, 0.1) is 6.20 Å². The van der Waals surface area contributed by atoms with Crippen molar-refractivity contribution in [2.75, 3.05) is 18.4 Å². The number of rotatable bonds is 2. The Balaban J connectivity index is 2.10. The lowest BCUT2D eigenvalue weighted by Crippen LogP contribution is -2.60. The first-order valence-electron chi connectivity index (χ1n) is 6.46. The molecule has 7 heteroatoms. The second-order valence-corrected chi connectivity index (χ2v) is 4.97. The Morgan fingerprint density at radius 2 is 2.30 bits per heavy atom. The minimum atomic E-state index is -0.510. The van der Waals surface area contributed by atoms with E-state index < -0.39 is 17.9 Å². The van der Waals surface area contributed by atoms with Crippen LogP contribution in [0.5, 0.6) is 0 Å². The minimum absolute atomic E-state index is 0.00206. The number of halogens is 1. The van der Waals surface area contributed by atoms with Crippen LogP contribution in [-0.2, 0) is 4.79 Å². The van der Waals surface area contributed by atoms with Gasteiger partial charge < -0.3 is 10.2 Å². The van der Waals surface area contributed by atoms with E-state index in [2.05, 4.69) is 15.6 Å². The van der Waals surface area contributed by atoms with Gasteiger partial charge in [-0.15, -0.1) is 0 Å². The molecule has 1 aliphatic heterocycles. The first-order chi connectivity index (χ1) is 9.49. The number of urea groups is 1. The molecule has 0 aromatic carbocycles. The molecule has 108 valence electrons. The van der Waals surface area contributed by atoms with Crippen molar-refractivity contribution in [3.05, 3.63) is 24.1 Å². The summed E-state index contributed by atoms with van der Waals surface area (Å²) in [5, 5.41) is 5.32. The second-order valence-electron chi connectivity index (χ2n) is 4.97. The maximum absolute atomic E-state index is 12.8. The van der Waals surface area contributed by atoms with Gasteiger partial charge in [0, 0.05) is 13.1 Å². The van der Waals surface area contributed by atoms with E-state index in [9.17, 15) is 14.0 Å². The number of aromatic nitrogens is 1. The molecule has 2 rings (SSSR count). The zero-order chi connectivity index (χ0) is 14.7. The lowest BCUT2D eigenvalue weighted by molar-refractivity contribution is -0.129. The van der Waals surface area contributed by atoms with Gasteiger partial charge in [0.1, 0.15) is 17.7 Å². The molecule has 1 fully saturated rings. The number of hydrogen-bond donors (Lipinski definition) is 2. The van der Waals surface area contributed by atoms with Gasteiger partial charge in [0.2, 0.25) is 5.91 Å². The standard InChI is InChI=1S/C13H17FN4O2/c1-8(2)11-12(19)15-5-6-18(11)13(20)17-10-4-3-9(14)7-16-10/h3-4,7-8,11H,5-6H2,1-2H3,(H,15,19)(H,16,17,20)/t11-/m0/s1. The van der Waals surface area contributed by atoms with Crippen molar-refractivity contribution in [2.24, 2.45) is 5.92 Å². The Morgan fingerprint density at radius 3 is 2.90 bits per heavy atom. The largest absolute Gasteiger partial charge is 0.353 e. The fraction of sp³-hybridized carbons (Fsp3) is 0.462. The molecule has 0 radical (unpaired) electrons. The van der Waals surface area contributed by atoms with Crippen LogP contribution >= 0.6 is 0 Å². The molecule has 0 aliphatic carbocycles. The first-order valence-corrected chi connectivity index (χ1v) is 6.46. The molecule has 2 heterocycles. The van der Waals surface area contributed by atoms with Crippen LogP contribution in [0, 0.1) is 11.7 Å². The van der Waals surface area contributed by atoms with Gasteiger partial charge in [-0.1, -0.05) is 13.8 Å².